The van der Waals surface area contributed by atoms with E-state index in [0.717, 1.165) is 29.4 Å². The second-order valence-corrected chi connectivity index (χ2v) is 31.9. The van der Waals surface area contributed by atoms with Gasteiger partial charge in [-0.1, -0.05) is 129 Å². The van der Waals surface area contributed by atoms with Gasteiger partial charge in [-0.3, -0.25) is 19.9 Å². The van der Waals surface area contributed by atoms with E-state index >= 15 is 0 Å². The summed E-state index contributed by atoms with van der Waals surface area (Å²) in [4.78, 5) is 98.1. The molecule has 0 aliphatic rings. The zero-order valence-electron chi connectivity index (χ0n) is 68.7. The summed E-state index contributed by atoms with van der Waals surface area (Å²) in [6, 6.07) is 23.0. The molecule has 0 saturated heterocycles. The molecule has 10 N–H and O–H groups in total. The number of nitrogens with two attached hydrogens (primary N) is 1. The summed E-state index contributed by atoms with van der Waals surface area (Å²) in [6.07, 6.45) is 17.5. The lowest BCUT2D eigenvalue weighted by molar-refractivity contribution is 0.0592. The Morgan fingerprint density at radius 2 is 0.595 bits per heavy atom. The lowest BCUT2D eigenvalue weighted by atomic mass is 9.88. The number of carboxylic acid groups (broad SMARTS) is 2. The fourth-order valence-electron chi connectivity index (χ4n) is 10.7. The SMILES string of the molecule is CC(C)(C)c1cnc(-c2cc(Cl)ccc2F)nc1Nc1ccncc1C(=O)O.CC(C)(C)c1cnc(-c2cc(Cl)ccc2F)nc1Nc1ccncc1C(=O)O.CO.COC(=O)c1cnccc1Nc1nc(-c2cc(Cl)ccc2F)ncc1C(C)(C)C.COC(=O)c1cnccc1Nc1nc(-c2cc(Cl)ccc2F)ncc1C(C)(C)C.C[C@H](O)CN. The normalized spacial score (nSPS) is 11.3. The highest BCUT2D eigenvalue weighted by Gasteiger charge is 2.29. The van der Waals surface area contributed by atoms with Crippen molar-refractivity contribution >= 4 is 116 Å². The van der Waals surface area contributed by atoms with Crippen LogP contribution in [0.2, 0.25) is 20.1 Å². The van der Waals surface area contributed by atoms with Crippen molar-refractivity contribution in [3.63, 3.8) is 0 Å². The molecule has 4 aromatic carbocycles. The Labute approximate surface area is 716 Å². The van der Waals surface area contributed by atoms with Gasteiger partial charge in [0, 0.05) is 130 Å². The molecule has 0 fully saturated rings. The zero-order valence-corrected chi connectivity index (χ0v) is 71.7. The average Bonchev–Trinajstić information content (AvgIpc) is 0.800. The number of aliphatic hydroxyl groups excluding tert-OH is 2. The van der Waals surface area contributed by atoms with Crippen LogP contribution in [0.5, 0.6) is 0 Å². The Kier molecular flexibility index (Phi) is 33.7. The number of nitrogens with one attached hydrogen (secondary N) is 4. The van der Waals surface area contributed by atoms with Gasteiger partial charge >= 0.3 is 23.9 Å². The number of aliphatic hydroxyl groups is 2. The molecule has 12 aromatic rings. The third-order valence-electron chi connectivity index (χ3n) is 17.0. The van der Waals surface area contributed by atoms with Crippen LogP contribution in [-0.4, -0.2) is 138 Å². The number of hydrogen-bond donors (Lipinski definition) is 9. The molecule has 121 heavy (non-hydrogen) atoms. The average molecular weight is 1740 g/mol. The number of carbonyl (C=O) groups excluding carboxylic acids is 2. The van der Waals surface area contributed by atoms with Crippen LogP contribution in [0.1, 0.15) is 154 Å². The lowest BCUT2D eigenvalue weighted by Crippen LogP contribution is -2.17. The molecule has 0 radical (unpaired) electrons. The van der Waals surface area contributed by atoms with Crippen LogP contribution in [0.3, 0.4) is 0 Å². The zero-order chi connectivity index (χ0) is 89.6. The van der Waals surface area contributed by atoms with Gasteiger partial charge in [-0.2, -0.15) is 0 Å². The summed E-state index contributed by atoms with van der Waals surface area (Å²) in [6.45, 7) is 25.9. The molecular weight excluding hydrogens is 1650 g/mol. The van der Waals surface area contributed by atoms with Crippen LogP contribution < -0.4 is 27.0 Å². The van der Waals surface area contributed by atoms with E-state index in [9.17, 15) is 47.0 Å². The predicted molar refractivity (Wildman–Crippen MR) is 460 cm³/mol. The highest BCUT2D eigenvalue weighted by molar-refractivity contribution is 6.32. The van der Waals surface area contributed by atoms with E-state index in [2.05, 4.69) is 81.1 Å². The maximum absolute atomic E-state index is 14.3. The molecule has 0 amide bonds. The summed E-state index contributed by atoms with van der Waals surface area (Å²) < 4.78 is 66.9. The molecule has 0 spiro atoms. The standard InChI is InChI=1S/2C21H20ClFN4O2.2C20H18ClFN4O2.C3H9NO.CH4O/c2*1-21(2,3)15-11-25-18(13-9-12(22)5-6-16(13)23)27-19(15)26-17-7-8-24-10-14(17)20(28)29-4;2*1-20(2,3)14-10-24-17(12-8-11(21)4-5-15(12)22)26-18(14)25-16-6-7-23-9-13(16)19(27)28;1-3(5)2-4;1-2/h2*5-11H,1-4H3,(H,24,25,26,27);2*4-10H,1-3H3,(H,27,28)(H,23,24,25,26);3,5H,2,4H2,1H3;2H,1H3/t;;;;3-;/m....0./s1. The Morgan fingerprint density at radius 1 is 0.388 bits per heavy atom. The van der Waals surface area contributed by atoms with Crippen molar-refractivity contribution in [2.24, 2.45) is 5.73 Å². The number of methoxy groups -OCH3 is 2. The molecule has 634 valence electrons. The molecule has 0 saturated carbocycles. The van der Waals surface area contributed by atoms with Crippen molar-refractivity contribution in [3.8, 4) is 45.6 Å². The summed E-state index contributed by atoms with van der Waals surface area (Å²) in [5.41, 5.74) is 9.43. The molecule has 27 nitrogen and oxygen atoms in total. The van der Waals surface area contributed by atoms with E-state index in [4.69, 9.17) is 71.8 Å². The van der Waals surface area contributed by atoms with Gasteiger partial charge in [0.05, 0.1) is 65.3 Å². The van der Waals surface area contributed by atoms with Gasteiger partial charge < -0.3 is 56.9 Å². The minimum absolute atomic E-state index is 0.00328. The third-order valence-corrected chi connectivity index (χ3v) is 17.9. The Morgan fingerprint density at radius 3 is 0.785 bits per heavy atom. The molecular formula is C86H89Cl4F4N17O10. The molecule has 1 atom stereocenters. The largest absolute Gasteiger partial charge is 0.478 e. The molecule has 35 heteroatoms. The number of anilines is 8. The van der Waals surface area contributed by atoms with E-state index < -0.39 is 47.1 Å². The van der Waals surface area contributed by atoms with Gasteiger partial charge in [0.2, 0.25) is 0 Å². The first kappa shape index (κ1) is 95.8. The molecule has 12 rings (SSSR count). The van der Waals surface area contributed by atoms with E-state index in [1.807, 2.05) is 83.1 Å². The van der Waals surface area contributed by atoms with Gasteiger partial charge in [-0.25, -0.2) is 76.6 Å². The summed E-state index contributed by atoms with van der Waals surface area (Å²) in [7, 11) is 3.59. The van der Waals surface area contributed by atoms with Crippen molar-refractivity contribution < 1.29 is 66.6 Å². The van der Waals surface area contributed by atoms with Crippen LogP contribution in [0, 0.1) is 23.3 Å². The number of carbonyl (C=O) groups is 4. The highest BCUT2D eigenvalue weighted by atomic mass is 35.5. The van der Waals surface area contributed by atoms with Crippen LogP contribution in [0.25, 0.3) is 45.6 Å². The Bertz CT molecular complexity index is 5340. The number of carboxylic acids is 2. The Hall–Kier alpha value is -12.4. The Balaban J connectivity index is 0.000000216. The van der Waals surface area contributed by atoms with E-state index in [1.54, 1.807) is 56.2 Å². The second kappa shape index (κ2) is 42.5. The maximum atomic E-state index is 14.3. The molecule has 8 heterocycles. The van der Waals surface area contributed by atoms with Crippen LogP contribution in [-0.2, 0) is 31.1 Å². The number of esters is 2. The number of rotatable bonds is 17. The number of ether oxygens (including phenoxy) is 2. The van der Waals surface area contributed by atoms with E-state index in [1.165, 1.54) is 136 Å². The van der Waals surface area contributed by atoms with Crippen LogP contribution in [0.4, 0.5) is 63.6 Å². The quantitative estimate of drug-likeness (QED) is 0.0302. The molecule has 0 aliphatic carbocycles. The van der Waals surface area contributed by atoms with E-state index in [-0.39, 0.29) is 95.6 Å². The van der Waals surface area contributed by atoms with Gasteiger partial charge in [-0.05, 0) is 126 Å². The lowest BCUT2D eigenvalue weighted by Gasteiger charge is -2.23. The number of benzene rings is 4. The van der Waals surface area contributed by atoms with Crippen molar-refractivity contribution in [3.05, 3.63) is 259 Å². The summed E-state index contributed by atoms with van der Waals surface area (Å²) in [5, 5.41) is 47.9. The van der Waals surface area contributed by atoms with Crippen molar-refractivity contribution in [1.82, 2.24) is 59.8 Å². The topological polar surface area (TPSA) is 396 Å². The predicted octanol–water partition coefficient (Wildman–Crippen LogP) is 19.4. The van der Waals surface area contributed by atoms with Crippen molar-refractivity contribution in [1.29, 1.82) is 0 Å². The minimum Gasteiger partial charge on any atom is -0.478 e. The monoisotopic (exact) mass is 1740 g/mol. The number of aromatic nitrogens is 12. The fraction of sp³-hybridized carbons (Fsp3) is 0.256. The number of hydrogen-bond acceptors (Lipinski definition) is 25. The number of pyridine rings is 4. The van der Waals surface area contributed by atoms with Crippen LogP contribution in [0.15, 0.2) is 171 Å². The fourth-order valence-corrected chi connectivity index (χ4v) is 11.4. The number of aromatic carboxylic acids is 2. The summed E-state index contributed by atoms with van der Waals surface area (Å²) in [5.74, 6) is -3.01. The molecule has 8 aromatic heterocycles. The maximum Gasteiger partial charge on any atom is 0.341 e. The molecule has 0 bridgehead atoms. The molecule has 0 unspecified atom stereocenters. The first-order valence-electron chi connectivity index (χ1n) is 36.6. The van der Waals surface area contributed by atoms with Crippen molar-refractivity contribution in [2.45, 2.75) is 118 Å². The first-order valence-corrected chi connectivity index (χ1v) is 38.1. The van der Waals surface area contributed by atoms with Gasteiger partial charge in [0.1, 0.15) is 68.8 Å². The minimum atomic E-state index is -1.12. The molecule has 0 aliphatic heterocycles. The number of nitrogens with zero attached hydrogens (tertiary/aromatic N) is 12. The van der Waals surface area contributed by atoms with Crippen LogP contribution >= 0.6 is 46.4 Å². The first-order chi connectivity index (χ1) is 57.0. The smallest absolute Gasteiger partial charge is 0.341 e. The third kappa shape index (κ3) is 26.3. The van der Waals surface area contributed by atoms with E-state index in [0.29, 0.717) is 72.7 Å². The second-order valence-electron chi connectivity index (χ2n) is 30.2. The van der Waals surface area contributed by atoms with Gasteiger partial charge in [0.15, 0.2) is 23.3 Å². The summed E-state index contributed by atoms with van der Waals surface area (Å²) >= 11 is 24.0. The van der Waals surface area contributed by atoms with Crippen molar-refractivity contribution in [2.75, 3.05) is 49.1 Å². The highest BCUT2D eigenvalue weighted by Crippen LogP contribution is 2.39. The number of halogens is 8. The van der Waals surface area contributed by atoms with Gasteiger partial charge in [-0.15, -0.1) is 0 Å². The van der Waals surface area contributed by atoms with Gasteiger partial charge in [0.25, 0.3) is 0 Å².